The van der Waals surface area contributed by atoms with Crippen molar-refractivity contribution in [2.45, 2.75) is 25.3 Å². The lowest BCUT2D eigenvalue weighted by atomic mass is 10.2. The van der Waals surface area contributed by atoms with Crippen LogP contribution in [0.25, 0.3) is 5.69 Å². The molecule has 4 rings (SSSR count). The average Bonchev–Trinajstić information content (AvgIpc) is 3.28. The van der Waals surface area contributed by atoms with Crippen LogP contribution in [0.2, 0.25) is 0 Å². The number of carbonyl (C=O) groups excluding carboxylic acids is 1. The lowest BCUT2D eigenvalue weighted by Gasteiger charge is -2.24. The van der Waals surface area contributed by atoms with Crippen molar-refractivity contribution in [2.24, 2.45) is 0 Å². The zero-order chi connectivity index (χ0) is 25.0. The third-order valence-electron chi connectivity index (χ3n) is 5.54. The Morgan fingerprint density at radius 3 is 2.23 bits per heavy atom. The highest BCUT2D eigenvalue weighted by Crippen LogP contribution is 2.24. The molecule has 0 aliphatic rings. The van der Waals surface area contributed by atoms with Gasteiger partial charge in [0.25, 0.3) is 10.0 Å². The van der Waals surface area contributed by atoms with Gasteiger partial charge in [-0.15, -0.1) is 0 Å². The molecule has 1 aromatic heterocycles. The van der Waals surface area contributed by atoms with Gasteiger partial charge in [0.15, 0.2) is 0 Å². The molecule has 0 fully saturated rings. The molecule has 0 atom stereocenters. The van der Waals surface area contributed by atoms with Crippen LogP contribution in [0.4, 0.5) is 10.1 Å². The Morgan fingerprint density at radius 1 is 0.971 bits per heavy atom. The number of imidazole rings is 1. The van der Waals surface area contributed by atoms with E-state index in [-0.39, 0.29) is 17.1 Å². The summed E-state index contributed by atoms with van der Waals surface area (Å²) in [4.78, 5) is 17.1. The number of anilines is 1. The van der Waals surface area contributed by atoms with Gasteiger partial charge < -0.3 is 9.88 Å². The maximum atomic E-state index is 13.5. The third-order valence-corrected chi connectivity index (χ3v) is 7.33. The molecule has 35 heavy (non-hydrogen) atoms. The van der Waals surface area contributed by atoms with Gasteiger partial charge in [0.2, 0.25) is 5.91 Å². The molecule has 7 nitrogen and oxygen atoms in total. The van der Waals surface area contributed by atoms with Gasteiger partial charge in [-0.25, -0.2) is 17.8 Å². The zero-order valence-electron chi connectivity index (χ0n) is 19.3. The maximum absolute atomic E-state index is 13.5. The van der Waals surface area contributed by atoms with Crippen LogP contribution in [0.1, 0.15) is 17.0 Å². The molecule has 0 aliphatic heterocycles. The van der Waals surface area contributed by atoms with Crippen molar-refractivity contribution in [3.05, 3.63) is 108 Å². The van der Waals surface area contributed by atoms with E-state index < -0.39 is 28.3 Å². The number of rotatable bonds is 8. The van der Waals surface area contributed by atoms with Gasteiger partial charge in [-0.2, -0.15) is 0 Å². The molecule has 1 N–H and O–H groups in total. The average molecular weight is 493 g/mol. The molecule has 1 amide bonds. The van der Waals surface area contributed by atoms with Crippen LogP contribution < -0.4 is 9.62 Å². The van der Waals surface area contributed by atoms with Crippen molar-refractivity contribution in [1.82, 2.24) is 14.9 Å². The topological polar surface area (TPSA) is 84.3 Å². The second-order valence-electron chi connectivity index (χ2n) is 8.09. The van der Waals surface area contributed by atoms with E-state index in [1.165, 1.54) is 24.3 Å². The van der Waals surface area contributed by atoms with Crippen molar-refractivity contribution in [3.8, 4) is 5.69 Å². The Labute approximate surface area is 203 Å². The fraction of sp³-hybridized carbons (Fsp3) is 0.154. The molecule has 0 saturated carbocycles. The molecular weight excluding hydrogens is 467 g/mol. The normalized spacial score (nSPS) is 11.3. The van der Waals surface area contributed by atoms with Crippen LogP contribution in [0.5, 0.6) is 0 Å². The standard InChI is InChI=1S/C26H25FN4O3S/c1-19-3-13-25(14-4-19)35(33,34)31(24-11-7-22(27)8-12-24)18-26(32)29-17-21-5-9-23(10-6-21)30-16-15-28-20(30)2/h3-16H,17-18H2,1-2H3,(H,29,32). The zero-order valence-corrected chi connectivity index (χ0v) is 20.2. The van der Waals surface area contributed by atoms with E-state index >= 15 is 0 Å². The molecular formula is C26H25FN4O3S. The molecule has 3 aromatic carbocycles. The summed E-state index contributed by atoms with van der Waals surface area (Å²) in [5, 5.41) is 2.77. The van der Waals surface area contributed by atoms with Crippen LogP contribution in [-0.2, 0) is 21.4 Å². The summed E-state index contributed by atoms with van der Waals surface area (Å²) in [6.45, 7) is 3.54. The largest absolute Gasteiger partial charge is 0.350 e. The van der Waals surface area contributed by atoms with Crippen LogP contribution in [0.3, 0.4) is 0 Å². The predicted octanol–water partition coefficient (Wildman–Crippen LogP) is 4.14. The Hall–Kier alpha value is -3.98. The quantitative estimate of drug-likeness (QED) is 0.401. The number of halogens is 1. The first-order valence-corrected chi connectivity index (χ1v) is 12.4. The first-order valence-electron chi connectivity index (χ1n) is 10.9. The van der Waals surface area contributed by atoms with E-state index in [0.29, 0.717) is 0 Å². The minimum atomic E-state index is -4.06. The Morgan fingerprint density at radius 2 is 1.63 bits per heavy atom. The number of amides is 1. The lowest BCUT2D eigenvalue weighted by molar-refractivity contribution is -0.119. The van der Waals surface area contributed by atoms with Gasteiger partial charge in [-0.3, -0.25) is 9.10 Å². The highest BCUT2D eigenvalue weighted by molar-refractivity contribution is 7.92. The van der Waals surface area contributed by atoms with E-state index in [2.05, 4.69) is 10.3 Å². The van der Waals surface area contributed by atoms with Crippen LogP contribution in [0.15, 0.2) is 90.1 Å². The van der Waals surface area contributed by atoms with E-state index in [9.17, 15) is 17.6 Å². The molecule has 0 bridgehead atoms. The fourth-order valence-corrected chi connectivity index (χ4v) is 4.99. The van der Waals surface area contributed by atoms with Crippen molar-refractivity contribution in [3.63, 3.8) is 0 Å². The van der Waals surface area contributed by atoms with Gasteiger partial charge >= 0.3 is 0 Å². The number of aryl methyl sites for hydroxylation is 2. The number of nitrogens with one attached hydrogen (secondary N) is 1. The fourth-order valence-electron chi connectivity index (χ4n) is 3.57. The summed E-state index contributed by atoms with van der Waals surface area (Å²) in [5.74, 6) is -0.124. The van der Waals surface area contributed by atoms with E-state index in [0.717, 1.165) is 39.1 Å². The summed E-state index contributed by atoms with van der Waals surface area (Å²) in [7, 11) is -4.06. The molecule has 0 unspecified atom stereocenters. The van der Waals surface area contributed by atoms with Crippen molar-refractivity contribution < 1.29 is 17.6 Å². The maximum Gasteiger partial charge on any atom is 0.264 e. The van der Waals surface area contributed by atoms with E-state index in [1.807, 2.05) is 48.9 Å². The lowest BCUT2D eigenvalue weighted by Crippen LogP contribution is -2.40. The number of hydrogen-bond acceptors (Lipinski definition) is 4. The van der Waals surface area contributed by atoms with E-state index in [4.69, 9.17) is 0 Å². The molecule has 0 spiro atoms. The number of carbonyl (C=O) groups is 1. The van der Waals surface area contributed by atoms with Gasteiger partial charge in [0, 0.05) is 24.6 Å². The monoisotopic (exact) mass is 492 g/mol. The van der Waals surface area contributed by atoms with Crippen LogP contribution in [-0.4, -0.2) is 30.4 Å². The Kier molecular flexibility index (Phi) is 6.97. The SMILES string of the molecule is Cc1ccc(S(=O)(=O)N(CC(=O)NCc2ccc(-n3ccnc3C)cc2)c2ccc(F)cc2)cc1. The summed E-state index contributed by atoms with van der Waals surface area (Å²) in [6.07, 6.45) is 3.59. The second kappa shape index (κ2) is 10.1. The summed E-state index contributed by atoms with van der Waals surface area (Å²) < 4.78 is 43.1. The molecule has 0 saturated heterocycles. The molecule has 1 heterocycles. The molecule has 4 aromatic rings. The number of sulfonamides is 1. The smallest absolute Gasteiger partial charge is 0.264 e. The van der Waals surface area contributed by atoms with Gasteiger partial charge in [-0.05, 0) is 67.9 Å². The van der Waals surface area contributed by atoms with Gasteiger partial charge in [0.05, 0.1) is 10.6 Å². The van der Waals surface area contributed by atoms with Crippen LogP contribution in [0, 0.1) is 19.7 Å². The number of benzene rings is 3. The number of aromatic nitrogens is 2. The highest BCUT2D eigenvalue weighted by atomic mass is 32.2. The first kappa shape index (κ1) is 24.2. The Balaban J connectivity index is 1.50. The minimum absolute atomic E-state index is 0.0469. The third kappa shape index (κ3) is 5.58. The van der Waals surface area contributed by atoms with Crippen molar-refractivity contribution >= 4 is 21.6 Å². The Bertz CT molecular complexity index is 1410. The predicted molar refractivity (Wildman–Crippen MR) is 132 cm³/mol. The van der Waals surface area contributed by atoms with Crippen molar-refractivity contribution in [2.75, 3.05) is 10.8 Å². The minimum Gasteiger partial charge on any atom is -0.350 e. The summed E-state index contributed by atoms with van der Waals surface area (Å²) >= 11 is 0. The van der Waals surface area contributed by atoms with E-state index in [1.54, 1.807) is 18.3 Å². The van der Waals surface area contributed by atoms with Crippen molar-refractivity contribution in [1.29, 1.82) is 0 Å². The van der Waals surface area contributed by atoms with Gasteiger partial charge in [-0.1, -0.05) is 29.8 Å². The van der Waals surface area contributed by atoms with Gasteiger partial charge in [0.1, 0.15) is 18.2 Å². The number of nitrogens with zero attached hydrogens (tertiary/aromatic N) is 3. The second-order valence-corrected chi connectivity index (χ2v) is 9.95. The number of hydrogen-bond donors (Lipinski definition) is 1. The molecule has 0 aliphatic carbocycles. The molecule has 180 valence electrons. The van der Waals surface area contributed by atoms with Crippen LogP contribution >= 0.6 is 0 Å². The first-order chi connectivity index (χ1) is 16.7. The molecule has 0 radical (unpaired) electrons. The highest BCUT2D eigenvalue weighted by Gasteiger charge is 2.27. The summed E-state index contributed by atoms with van der Waals surface area (Å²) in [6, 6.07) is 19.0. The molecule has 9 heteroatoms. The summed E-state index contributed by atoms with van der Waals surface area (Å²) in [5.41, 5.74) is 2.91.